The number of hydrogen-bond acceptors (Lipinski definition) is 9. The van der Waals surface area contributed by atoms with Gasteiger partial charge in [0, 0.05) is 30.7 Å². The highest BCUT2D eigenvalue weighted by molar-refractivity contribution is 7.89. The van der Waals surface area contributed by atoms with E-state index >= 15 is 0 Å². The van der Waals surface area contributed by atoms with E-state index in [1.807, 2.05) is 0 Å². The summed E-state index contributed by atoms with van der Waals surface area (Å²) in [6, 6.07) is 11.5. The second-order valence-corrected chi connectivity index (χ2v) is 10.2. The van der Waals surface area contributed by atoms with E-state index in [2.05, 4.69) is 0 Å². The topological polar surface area (TPSA) is 153 Å². The number of carbonyl (C=O) groups is 1. The number of nitrogens with zero attached hydrogens (tertiary/aromatic N) is 2. The van der Waals surface area contributed by atoms with Crippen LogP contribution >= 0.6 is 0 Å². The Morgan fingerprint density at radius 1 is 1.18 bits per heavy atom. The summed E-state index contributed by atoms with van der Waals surface area (Å²) in [5.74, 6) is -1.10. The molecule has 0 saturated heterocycles. The van der Waals surface area contributed by atoms with Gasteiger partial charge >= 0.3 is 5.97 Å². The highest BCUT2D eigenvalue weighted by Crippen LogP contribution is 2.29. The van der Waals surface area contributed by atoms with Crippen LogP contribution in [0, 0.1) is 10.1 Å². The Kier molecular flexibility index (Phi) is 9.61. The van der Waals surface area contributed by atoms with E-state index in [1.165, 1.54) is 19.2 Å². The van der Waals surface area contributed by atoms with E-state index in [-0.39, 0.29) is 0 Å². The highest BCUT2D eigenvalue weighted by Gasteiger charge is 2.40. The molecule has 0 unspecified atom stereocenters. The maximum Gasteiger partial charge on any atom is 0.302 e. The first-order valence-electron chi connectivity index (χ1n) is 9.58. The largest absolute Gasteiger partial charge is 0.463 e. The monoisotopic (exact) mass is 500 g/mol. The molecule has 0 aliphatic heterocycles. The second-order valence-electron chi connectivity index (χ2n) is 6.80. The molecule has 11 nitrogen and oxygen atoms in total. The minimum Gasteiger partial charge on any atom is -0.463 e. The number of aliphatic hydroxyl groups is 1. The number of hydrogen-bond donors (Lipinski definition) is 1. The molecule has 0 spiro atoms. The lowest BCUT2D eigenvalue weighted by Crippen LogP contribution is -2.52. The van der Waals surface area contributed by atoms with Crippen molar-refractivity contribution >= 4 is 32.5 Å². The lowest BCUT2D eigenvalue weighted by atomic mass is 10.2. The van der Waals surface area contributed by atoms with Gasteiger partial charge in [0.2, 0.25) is 0 Å². The average Bonchev–Trinajstić information content (AvgIpc) is 2.80. The predicted molar refractivity (Wildman–Crippen MR) is 118 cm³/mol. The first kappa shape index (κ1) is 26.5. The van der Waals surface area contributed by atoms with Gasteiger partial charge in [-0.1, -0.05) is 30.3 Å². The van der Waals surface area contributed by atoms with Crippen LogP contribution in [-0.2, 0) is 35.1 Å². The molecule has 2 aromatic rings. The molecule has 0 heterocycles. The molecule has 0 saturated carbocycles. The maximum atomic E-state index is 13.5. The van der Waals surface area contributed by atoms with Crippen LogP contribution in [0.3, 0.4) is 0 Å². The molecule has 0 amide bonds. The van der Waals surface area contributed by atoms with Gasteiger partial charge in [0.25, 0.3) is 15.7 Å². The summed E-state index contributed by atoms with van der Waals surface area (Å²) in [4.78, 5) is 21.6. The van der Waals surface area contributed by atoms with Gasteiger partial charge in [-0.3, -0.25) is 19.1 Å². The van der Waals surface area contributed by atoms with Crippen molar-refractivity contribution in [3.8, 4) is 0 Å². The van der Waals surface area contributed by atoms with Crippen LogP contribution in [0.25, 0.3) is 0 Å². The first-order chi connectivity index (χ1) is 15.6. The van der Waals surface area contributed by atoms with Crippen molar-refractivity contribution in [1.82, 2.24) is 4.31 Å². The molecule has 3 atom stereocenters. The maximum absolute atomic E-state index is 13.5. The molecule has 2 aromatic carbocycles. The number of methoxy groups -OCH3 is 1. The number of nitro benzene ring substituents is 1. The molecule has 0 aliphatic rings. The van der Waals surface area contributed by atoms with Crippen molar-refractivity contribution in [1.29, 1.82) is 0 Å². The third-order valence-electron chi connectivity index (χ3n) is 4.50. The number of rotatable bonds is 12. The van der Waals surface area contributed by atoms with E-state index in [4.69, 9.17) is 9.47 Å². The zero-order valence-electron chi connectivity index (χ0n) is 17.9. The molecule has 1 N–H and O–H groups in total. The van der Waals surface area contributed by atoms with Crippen LogP contribution in [0.5, 0.6) is 0 Å². The van der Waals surface area contributed by atoms with E-state index in [0.29, 0.717) is 9.20 Å². The van der Waals surface area contributed by atoms with Gasteiger partial charge in [-0.2, -0.15) is 4.31 Å². The molecule has 33 heavy (non-hydrogen) atoms. The summed E-state index contributed by atoms with van der Waals surface area (Å²) in [5, 5.41) is 22.2. The number of para-hydroxylation sites is 1. The van der Waals surface area contributed by atoms with Crippen LogP contribution in [-0.4, -0.2) is 71.3 Å². The summed E-state index contributed by atoms with van der Waals surface area (Å²) in [6.07, 6.45) is -1.60. The van der Waals surface area contributed by atoms with Gasteiger partial charge in [0.05, 0.1) is 21.8 Å². The molecule has 2 rings (SSSR count). The number of nitro groups is 1. The third kappa shape index (κ3) is 6.88. The molecule has 0 fully saturated rings. The molecule has 13 heteroatoms. The molecule has 0 aliphatic carbocycles. The normalized spacial score (nSPS) is 14.4. The van der Waals surface area contributed by atoms with Gasteiger partial charge in [0.1, 0.15) is 19.4 Å². The predicted octanol–water partition coefficient (Wildman–Crippen LogP) is 1.29. The summed E-state index contributed by atoms with van der Waals surface area (Å²) >= 11 is 0. The van der Waals surface area contributed by atoms with Crippen LogP contribution < -0.4 is 0 Å². The number of ether oxygens (including phenoxy) is 2. The van der Waals surface area contributed by atoms with Gasteiger partial charge in [0.15, 0.2) is 4.90 Å². The molecule has 0 aromatic heterocycles. The van der Waals surface area contributed by atoms with Gasteiger partial charge in [-0.05, 0) is 18.2 Å². The SMILES string of the molecule is COCN([C@@H](C[S@@](=O)c1ccccc1)[C@@H](O)COC(C)=O)S(=O)(=O)c1ccccc1[N+](=O)[O-]. The lowest BCUT2D eigenvalue weighted by Gasteiger charge is -2.32. The lowest BCUT2D eigenvalue weighted by molar-refractivity contribution is -0.387. The summed E-state index contributed by atoms with van der Waals surface area (Å²) in [6.45, 7) is -0.0817. The van der Waals surface area contributed by atoms with E-state index in [1.54, 1.807) is 30.3 Å². The zero-order chi connectivity index (χ0) is 24.6. The van der Waals surface area contributed by atoms with Crippen molar-refractivity contribution in [3.63, 3.8) is 0 Å². The van der Waals surface area contributed by atoms with Crippen molar-refractivity contribution in [2.24, 2.45) is 0 Å². The average molecular weight is 501 g/mol. The molecule has 0 bridgehead atoms. The molecule has 180 valence electrons. The van der Waals surface area contributed by atoms with Gasteiger partial charge < -0.3 is 14.6 Å². The minimum absolute atomic E-state index is 0.377. The fourth-order valence-corrected chi connectivity index (χ4v) is 6.13. The van der Waals surface area contributed by atoms with Gasteiger partial charge in [-0.15, -0.1) is 0 Å². The van der Waals surface area contributed by atoms with Crippen molar-refractivity contribution in [2.45, 2.75) is 28.9 Å². The Balaban J connectivity index is 2.54. The van der Waals surface area contributed by atoms with E-state index < -0.39 is 73.5 Å². The van der Waals surface area contributed by atoms with Crippen molar-refractivity contribution in [3.05, 3.63) is 64.7 Å². The minimum atomic E-state index is -4.62. The Hall–Kier alpha value is -2.71. The van der Waals surface area contributed by atoms with Crippen molar-refractivity contribution in [2.75, 3.05) is 26.2 Å². The smallest absolute Gasteiger partial charge is 0.302 e. The van der Waals surface area contributed by atoms with Crippen LogP contribution in [0.1, 0.15) is 6.92 Å². The Morgan fingerprint density at radius 2 is 1.79 bits per heavy atom. The number of sulfonamides is 1. The van der Waals surface area contributed by atoms with Crippen LogP contribution in [0.4, 0.5) is 5.69 Å². The highest BCUT2D eigenvalue weighted by atomic mass is 32.2. The summed E-state index contributed by atoms with van der Waals surface area (Å²) in [7, 11) is -5.19. The standard InChI is InChI=1S/C20H24N2O9S2/c1-15(23)31-12-19(24)18(13-32(27)16-8-4-3-5-9-16)21(14-30-2)33(28,29)20-11-7-6-10-17(20)22(25)26/h3-11,18-19,24H,12-14H2,1-2H3/t18-,19-,32+/m0/s1. The number of carbonyl (C=O) groups excluding carboxylic acids is 1. The quantitative estimate of drug-likeness (QED) is 0.196. The van der Waals surface area contributed by atoms with E-state index in [0.717, 1.165) is 19.1 Å². The molecule has 0 radical (unpaired) electrons. The fourth-order valence-electron chi connectivity index (χ4n) is 2.95. The van der Waals surface area contributed by atoms with Crippen LogP contribution in [0.2, 0.25) is 0 Å². The molecular weight excluding hydrogens is 476 g/mol. The summed E-state index contributed by atoms with van der Waals surface area (Å²) < 4.78 is 50.4. The Labute approximate surface area is 193 Å². The Morgan fingerprint density at radius 3 is 2.36 bits per heavy atom. The summed E-state index contributed by atoms with van der Waals surface area (Å²) in [5.41, 5.74) is -0.670. The number of benzene rings is 2. The zero-order valence-corrected chi connectivity index (χ0v) is 19.5. The van der Waals surface area contributed by atoms with Gasteiger partial charge in [-0.25, -0.2) is 8.42 Å². The fraction of sp³-hybridized carbons (Fsp3) is 0.350. The van der Waals surface area contributed by atoms with Crippen LogP contribution in [0.15, 0.2) is 64.4 Å². The third-order valence-corrected chi connectivity index (χ3v) is 7.84. The second kappa shape index (κ2) is 12.0. The first-order valence-corrected chi connectivity index (χ1v) is 12.3. The van der Waals surface area contributed by atoms with E-state index in [9.17, 15) is 32.6 Å². The van der Waals surface area contributed by atoms with Crippen molar-refractivity contribution < 1.29 is 36.9 Å². The Bertz CT molecular complexity index is 1090. The molecular formula is C20H24N2O9S2. The number of aliphatic hydroxyl groups excluding tert-OH is 1. The number of esters is 1.